The van der Waals surface area contributed by atoms with Gasteiger partial charge in [0.25, 0.3) is 0 Å². The standard InChI is InChI=1S/C15H22ClN3O/c1-11-4-5-12(8-13(11)16)10-19-7-6-17-9-14(19)15(20)18(2)3/h4-5,8,14,17H,6-7,9-10H2,1-3H3. The smallest absolute Gasteiger partial charge is 0.240 e. The number of aryl methyl sites for hydroxylation is 1. The molecule has 2 rings (SSSR count). The van der Waals surface area contributed by atoms with Crippen LogP contribution in [0.3, 0.4) is 0 Å². The Bertz CT molecular complexity index is 490. The number of amides is 1. The molecule has 1 unspecified atom stereocenters. The maximum atomic E-state index is 12.2. The first-order valence-corrected chi connectivity index (χ1v) is 7.28. The second-order valence-electron chi connectivity index (χ2n) is 5.51. The summed E-state index contributed by atoms with van der Waals surface area (Å²) in [7, 11) is 3.61. The molecule has 1 atom stereocenters. The number of piperazine rings is 1. The monoisotopic (exact) mass is 295 g/mol. The van der Waals surface area contributed by atoms with Crippen molar-refractivity contribution in [1.29, 1.82) is 0 Å². The summed E-state index contributed by atoms with van der Waals surface area (Å²) in [5, 5.41) is 4.08. The molecule has 0 aromatic heterocycles. The molecule has 0 saturated carbocycles. The zero-order valence-electron chi connectivity index (χ0n) is 12.3. The van der Waals surface area contributed by atoms with Gasteiger partial charge in [-0.25, -0.2) is 0 Å². The van der Waals surface area contributed by atoms with Crippen molar-refractivity contribution in [1.82, 2.24) is 15.1 Å². The number of carbonyl (C=O) groups excluding carboxylic acids is 1. The Morgan fingerprint density at radius 2 is 2.25 bits per heavy atom. The normalized spacial score (nSPS) is 19.9. The summed E-state index contributed by atoms with van der Waals surface area (Å²) < 4.78 is 0. The van der Waals surface area contributed by atoms with Crippen molar-refractivity contribution in [3.05, 3.63) is 34.3 Å². The Balaban J connectivity index is 2.12. The number of hydrogen-bond donors (Lipinski definition) is 1. The van der Waals surface area contributed by atoms with Crippen LogP contribution < -0.4 is 5.32 Å². The zero-order chi connectivity index (χ0) is 14.7. The van der Waals surface area contributed by atoms with Crippen molar-refractivity contribution in [2.75, 3.05) is 33.7 Å². The lowest BCUT2D eigenvalue weighted by molar-refractivity contribution is -0.135. The molecule has 0 radical (unpaired) electrons. The number of likely N-dealkylation sites (N-methyl/N-ethyl adjacent to an activating group) is 1. The minimum atomic E-state index is -0.0983. The van der Waals surface area contributed by atoms with Gasteiger partial charge in [0.2, 0.25) is 5.91 Å². The van der Waals surface area contributed by atoms with E-state index < -0.39 is 0 Å². The molecule has 1 heterocycles. The summed E-state index contributed by atoms with van der Waals surface area (Å²) in [5.41, 5.74) is 2.23. The predicted molar refractivity (Wildman–Crippen MR) is 82.0 cm³/mol. The van der Waals surface area contributed by atoms with Gasteiger partial charge in [-0.3, -0.25) is 9.69 Å². The predicted octanol–water partition coefficient (Wildman–Crippen LogP) is 1.51. The van der Waals surface area contributed by atoms with E-state index in [1.165, 1.54) is 0 Å². The highest BCUT2D eigenvalue weighted by Crippen LogP contribution is 2.19. The number of carbonyl (C=O) groups is 1. The van der Waals surface area contributed by atoms with Crippen LogP contribution in [-0.2, 0) is 11.3 Å². The molecule has 1 aromatic carbocycles. The van der Waals surface area contributed by atoms with Crippen LogP contribution in [0, 0.1) is 6.92 Å². The maximum absolute atomic E-state index is 12.2. The Morgan fingerprint density at radius 3 is 2.90 bits per heavy atom. The summed E-state index contributed by atoms with van der Waals surface area (Å²) in [6.07, 6.45) is 0. The summed E-state index contributed by atoms with van der Waals surface area (Å²) in [6.45, 7) is 5.24. The van der Waals surface area contributed by atoms with Crippen molar-refractivity contribution in [2.45, 2.75) is 19.5 Å². The Labute approximate surface area is 125 Å². The number of hydrogen-bond acceptors (Lipinski definition) is 3. The molecule has 0 aliphatic carbocycles. The lowest BCUT2D eigenvalue weighted by Crippen LogP contribution is -2.57. The molecule has 0 bridgehead atoms. The fraction of sp³-hybridized carbons (Fsp3) is 0.533. The topological polar surface area (TPSA) is 35.6 Å². The first kappa shape index (κ1) is 15.3. The fourth-order valence-electron chi connectivity index (χ4n) is 2.45. The largest absolute Gasteiger partial charge is 0.347 e. The molecule has 20 heavy (non-hydrogen) atoms. The van der Waals surface area contributed by atoms with Crippen LogP contribution in [0.25, 0.3) is 0 Å². The van der Waals surface area contributed by atoms with Gasteiger partial charge in [-0.15, -0.1) is 0 Å². The first-order valence-electron chi connectivity index (χ1n) is 6.90. The molecule has 110 valence electrons. The zero-order valence-corrected chi connectivity index (χ0v) is 13.1. The van der Waals surface area contributed by atoms with Gasteiger partial charge in [-0.1, -0.05) is 23.7 Å². The Morgan fingerprint density at radius 1 is 1.50 bits per heavy atom. The molecule has 1 aromatic rings. The molecule has 1 saturated heterocycles. The Kier molecular flexibility index (Phi) is 5.02. The highest BCUT2D eigenvalue weighted by molar-refractivity contribution is 6.31. The number of nitrogens with one attached hydrogen (secondary N) is 1. The van der Waals surface area contributed by atoms with Gasteiger partial charge >= 0.3 is 0 Å². The van der Waals surface area contributed by atoms with Gasteiger partial charge in [0, 0.05) is 45.3 Å². The van der Waals surface area contributed by atoms with Crippen LogP contribution in [0.5, 0.6) is 0 Å². The van der Waals surface area contributed by atoms with Gasteiger partial charge in [0.05, 0.1) is 0 Å². The van der Waals surface area contributed by atoms with Crippen LogP contribution in [0.1, 0.15) is 11.1 Å². The maximum Gasteiger partial charge on any atom is 0.240 e. The molecular weight excluding hydrogens is 274 g/mol. The van der Waals surface area contributed by atoms with Crippen molar-refractivity contribution in [2.24, 2.45) is 0 Å². The number of benzene rings is 1. The van der Waals surface area contributed by atoms with E-state index in [1.54, 1.807) is 19.0 Å². The molecule has 1 aliphatic heterocycles. The molecule has 4 nitrogen and oxygen atoms in total. The van der Waals surface area contributed by atoms with Crippen LogP contribution in [-0.4, -0.2) is 55.5 Å². The number of rotatable bonds is 3. The molecular formula is C15H22ClN3O. The quantitative estimate of drug-likeness (QED) is 0.918. The third kappa shape index (κ3) is 3.51. The summed E-state index contributed by atoms with van der Waals surface area (Å²) in [4.78, 5) is 16.1. The van der Waals surface area contributed by atoms with E-state index in [9.17, 15) is 4.79 Å². The van der Waals surface area contributed by atoms with Gasteiger partial charge < -0.3 is 10.2 Å². The molecule has 1 amide bonds. The highest BCUT2D eigenvalue weighted by Gasteiger charge is 2.29. The minimum Gasteiger partial charge on any atom is -0.347 e. The number of nitrogens with zero attached hydrogens (tertiary/aromatic N) is 2. The van der Waals surface area contributed by atoms with E-state index in [0.717, 1.165) is 35.8 Å². The van der Waals surface area contributed by atoms with E-state index in [2.05, 4.69) is 16.3 Å². The summed E-state index contributed by atoms with van der Waals surface area (Å²) >= 11 is 6.17. The molecule has 1 fully saturated rings. The van der Waals surface area contributed by atoms with Crippen molar-refractivity contribution in [3.63, 3.8) is 0 Å². The average Bonchev–Trinajstić information content (AvgIpc) is 2.42. The van der Waals surface area contributed by atoms with E-state index in [1.807, 2.05) is 19.1 Å². The van der Waals surface area contributed by atoms with E-state index in [0.29, 0.717) is 6.54 Å². The number of halogens is 1. The van der Waals surface area contributed by atoms with Gasteiger partial charge in [-0.05, 0) is 24.1 Å². The van der Waals surface area contributed by atoms with Crippen LogP contribution in [0.2, 0.25) is 5.02 Å². The Hall–Kier alpha value is -1.10. The van der Waals surface area contributed by atoms with Crippen LogP contribution in [0.4, 0.5) is 0 Å². The second-order valence-corrected chi connectivity index (χ2v) is 5.91. The molecule has 1 aliphatic rings. The van der Waals surface area contributed by atoms with Crippen LogP contribution in [0.15, 0.2) is 18.2 Å². The first-order chi connectivity index (χ1) is 9.49. The third-order valence-electron chi connectivity index (χ3n) is 3.70. The minimum absolute atomic E-state index is 0.0983. The van der Waals surface area contributed by atoms with Crippen molar-refractivity contribution >= 4 is 17.5 Å². The third-order valence-corrected chi connectivity index (χ3v) is 4.11. The molecule has 5 heteroatoms. The molecule has 1 N–H and O–H groups in total. The lowest BCUT2D eigenvalue weighted by atomic mass is 10.1. The van der Waals surface area contributed by atoms with E-state index in [-0.39, 0.29) is 11.9 Å². The summed E-state index contributed by atoms with van der Waals surface area (Å²) in [5.74, 6) is 0.149. The van der Waals surface area contributed by atoms with Gasteiger partial charge in [0.15, 0.2) is 0 Å². The van der Waals surface area contributed by atoms with Crippen LogP contribution >= 0.6 is 11.6 Å². The van der Waals surface area contributed by atoms with E-state index >= 15 is 0 Å². The lowest BCUT2D eigenvalue weighted by Gasteiger charge is -2.36. The highest BCUT2D eigenvalue weighted by atomic mass is 35.5. The fourth-order valence-corrected chi connectivity index (χ4v) is 2.65. The van der Waals surface area contributed by atoms with Gasteiger partial charge in [-0.2, -0.15) is 0 Å². The van der Waals surface area contributed by atoms with Crippen molar-refractivity contribution in [3.8, 4) is 0 Å². The summed E-state index contributed by atoms with van der Waals surface area (Å²) in [6, 6.07) is 6.01. The second kappa shape index (κ2) is 6.57. The van der Waals surface area contributed by atoms with Crippen molar-refractivity contribution < 1.29 is 4.79 Å². The van der Waals surface area contributed by atoms with Gasteiger partial charge in [0.1, 0.15) is 6.04 Å². The molecule has 0 spiro atoms. The average molecular weight is 296 g/mol. The van der Waals surface area contributed by atoms with E-state index in [4.69, 9.17) is 11.6 Å². The SMILES string of the molecule is Cc1ccc(CN2CCNCC2C(=O)N(C)C)cc1Cl.